The third-order valence-electron chi connectivity index (χ3n) is 6.56. The minimum absolute atomic E-state index is 0.150. The molecular formula is C32H16N2O6S2. The molecule has 42 heavy (non-hydrogen) atoms. The standard InChI is InChI=1S/C32H16N2O6S2/c35-27(23-13-15-25(41-23)29-33-21-7-3-1-5-19(21)31(37)39-29)17-9-11-18(12-10-17)28(36)24-14-16-26(42-24)30-34-22-8-4-2-6-20(22)32(38)40-30/h1-16H. The Morgan fingerprint density at radius 1 is 0.524 bits per heavy atom. The topological polar surface area (TPSA) is 120 Å². The maximum atomic E-state index is 13.2. The Bertz CT molecular complexity index is 2130. The second-order valence-electron chi connectivity index (χ2n) is 9.21. The largest absolute Gasteiger partial charge is 0.402 e. The van der Waals surface area contributed by atoms with Crippen molar-refractivity contribution in [3.63, 3.8) is 0 Å². The van der Waals surface area contributed by atoms with E-state index in [1.54, 1.807) is 97.1 Å². The first kappa shape index (κ1) is 25.6. The number of para-hydroxylation sites is 2. The molecule has 7 aromatic rings. The summed E-state index contributed by atoms with van der Waals surface area (Å²) in [4.78, 5) is 61.9. The SMILES string of the molecule is O=C(c1ccc(C(=O)c2ccc(-c3nc4ccccc4c(=O)o3)s2)cc1)c1ccc(-c2nc3ccccc3c(=O)o2)s1. The third kappa shape index (κ3) is 4.58. The van der Waals surface area contributed by atoms with Crippen molar-refractivity contribution in [2.24, 2.45) is 0 Å². The number of hydrogen-bond acceptors (Lipinski definition) is 10. The number of thiophene rings is 2. The Balaban J connectivity index is 1.10. The van der Waals surface area contributed by atoms with Gasteiger partial charge in [0.2, 0.25) is 23.3 Å². The summed E-state index contributed by atoms with van der Waals surface area (Å²) in [6.45, 7) is 0. The predicted octanol–water partition coefficient (Wildman–Crippen LogP) is 6.61. The lowest BCUT2D eigenvalue weighted by atomic mass is 10.0. The molecule has 0 aliphatic rings. The number of fused-ring (bicyclic) bond motifs is 2. The summed E-state index contributed by atoms with van der Waals surface area (Å²) >= 11 is 2.34. The van der Waals surface area contributed by atoms with Crippen molar-refractivity contribution in [2.45, 2.75) is 0 Å². The number of ketones is 2. The van der Waals surface area contributed by atoms with E-state index in [1.807, 2.05) is 0 Å². The minimum Gasteiger partial charge on any atom is -0.402 e. The normalized spacial score (nSPS) is 11.2. The smallest absolute Gasteiger partial charge is 0.347 e. The molecule has 0 bridgehead atoms. The van der Waals surface area contributed by atoms with Crippen LogP contribution in [0.15, 0.2) is 115 Å². The van der Waals surface area contributed by atoms with Crippen molar-refractivity contribution in [3.8, 4) is 21.5 Å². The second kappa shape index (κ2) is 10.3. The molecule has 0 unspecified atom stereocenters. The highest BCUT2D eigenvalue weighted by molar-refractivity contribution is 7.17. The van der Waals surface area contributed by atoms with Gasteiger partial charge in [-0.2, -0.15) is 0 Å². The molecule has 0 aliphatic carbocycles. The Morgan fingerprint density at radius 2 is 0.929 bits per heavy atom. The number of carbonyl (C=O) groups is 2. The van der Waals surface area contributed by atoms with E-state index < -0.39 is 11.3 Å². The molecule has 8 nitrogen and oxygen atoms in total. The van der Waals surface area contributed by atoms with Gasteiger partial charge in [0.05, 0.1) is 41.3 Å². The molecule has 0 spiro atoms. The molecule has 10 heteroatoms. The number of aromatic nitrogens is 2. The molecule has 0 radical (unpaired) electrons. The van der Waals surface area contributed by atoms with Crippen LogP contribution in [0.2, 0.25) is 0 Å². The Hall–Kier alpha value is -5.32. The van der Waals surface area contributed by atoms with Gasteiger partial charge in [-0.15, -0.1) is 22.7 Å². The average Bonchev–Trinajstić information content (AvgIpc) is 3.72. The zero-order valence-electron chi connectivity index (χ0n) is 21.4. The molecule has 0 aliphatic heterocycles. The first-order valence-corrected chi connectivity index (χ1v) is 14.3. The molecule has 202 valence electrons. The first-order valence-electron chi connectivity index (χ1n) is 12.6. The van der Waals surface area contributed by atoms with Gasteiger partial charge in [-0.3, -0.25) is 9.59 Å². The maximum absolute atomic E-state index is 13.2. The summed E-state index contributed by atoms with van der Waals surface area (Å²) in [5.41, 5.74) is 0.854. The fourth-order valence-electron chi connectivity index (χ4n) is 4.46. The summed E-state index contributed by atoms with van der Waals surface area (Å²) in [5.74, 6) is -0.164. The van der Waals surface area contributed by atoms with Crippen LogP contribution in [0.4, 0.5) is 0 Å². The van der Waals surface area contributed by atoms with Gasteiger partial charge in [-0.05, 0) is 48.5 Å². The summed E-state index contributed by atoms with van der Waals surface area (Å²) in [7, 11) is 0. The fraction of sp³-hybridized carbons (Fsp3) is 0. The van der Waals surface area contributed by atoms with E-state index in [4.69, 9.17) is 8.83 Å². The number of carbonyl (C=O) groups excluding carboxylic acids is 2. The fourth-order valence-corrected chi connectivity index (χ4v) is 6.24. The van der Waals surface area contributed by atoms with Crippen LogP contribution >= 0.6 is 22.7 Å². The van der Waals surface area contributed by atoms with Crippen LogP contribution in [0.1, 0.15) is 30.5 Å². The quantitative estimate of drug-likeness (QED) is 0.199. The molecule has 0 saturated carbocycles. The Labute approximate surface area is 244 Å². The van der Waals surface area contributed by atoms with Gasteiger partial charge in [0.1, 0.15) is 0 Å². The van der Waals surface area contributed by atoms with E-state index >= 15 is 0 Å². The lowest BCUT2D eigenvalue weighted by Gasteiger charge is -2.02. The van der Waals surface area contributed by atoms with E-state index in [9.17, 15) is 19.2 Å². The first-order chi connectivity index (χ1) is 20.4. The van der Waals surface area contributed by atoms with Gasteiger partial charge in [0, 0.05) is 11.1 Å². The van der Waals surface area contributed by atoms with Crippen molar-refractivity contribution < 1.29 is 18.4 Å². The number of rotatable bonds is 6. The monoisotopic (exact) mass is 588 g/mol. The van der Waals surface area contributed by atoms with Crippen molar-refractivity contribution in [1.29, 1.82) is 0 Å². The van der Waals surface area contributed by atoms with Crippen LogP contribution in [-0.4, -0.2) is 21.5 Å². The molecule has 0 fully saturated rings. The zero-order valence-corrected chi connectivity index (χ0v) is 23.0. The molecule has 0 saturated heterocycles. The number of benzene rings is 3. The zero-order chi connectivity index (χ0) is 28.8. The van der Waals surface area contributed by atoms with Gasteiger partial charge >= 0.3 is 11.3 Å². The van der Waals surface area contributed by atoms with Crippen LogP contribution in [0.3, 0.4) is 0 Å². The summed E-state index contributed by atoms with van der Waals surface area (Å²) in [6.07, 6.45) is 0. The molecular weight excluding hydrogens is 572 g/mol. The third-order valence-corrected chi connectivity index (χ3v) is 8.71. The van der Waals surface area contributed by atoms with E-state index in [0.717, 1.165) is 0 Å². The van der Waals surface area contributed by atoms with Gasteiger partial charge in [0.25, 0.3) is 0 Å². The highest BCUT2D eigenvalue weighted by Crippen LogP contribution is 2.30. The number of nitrogens with zero attached hydrogens (tertiary/aromatic N) is 2. The van der Waals surface area contributed by atoms with Crippen LogP contribution in [-0.2, 0) is 0 Å². The number of hydrogen-bond donors (Lipinski definition) is 0. The van der Waals surface area contributed by atoms with Gasteiger partial charge in [-0.25, -0.2) is 19.6 Å². The lowest BCUT2D eigenvalue weighted by molar-refractivity contribution is 0.103. The molecule has 0 N–H and O–H groups in total. The highest BCUT2D eigenvalue weighted by atomic mass is 32.1. The molecule has 0 atom stereocenters. The van der Waals surface area contributed by atoms with Crippen LogP contribution in [0.25, 0.3) is 43.3 Å². The van der Waals surface area contributed by atoms with E-state index in [-0.39, 0.29) is 23.3 Å². The van der Waals surface area contributed by atoms with Crippen molar-refractivity contribution >= 4 is 56.0 Å². The molecule has 0 amide bonds. The summed E-state index contributed by atoms with van der Waals surface area (Å²) in [5, 5.41) is 0.777. The summed E-state index contributed by atoms with van der Waals surface area (Å²) in [6, 6.07) is 26.9. The van der Waals surface area contributed by atoms with Gasteiger partial charge in [-0.1, -0.05) is 48.5 Å². The van der Waals surface area contributed by atoms with Crippen molar-refractivity contribution in [3.05, 3.63) is 139 Å². The van der Waals surface area contributed by atoms with Crippen LogP contribution in [0.5, 0.6) is 0 Å². The highest BCUT2D eigenvalue weighted by Gasteiger charge is 2.19. The predicted molar refractivity (Wildman–Crippen MR) is 160 cm³/mol. The Morgan fingerprint density at radius 3 is 1.36 bits per heavy atom. The lowest BCUT2D eigenvalue weighted by Crippen LogP contribution is -2.02. The van der Waals surface area contributed by atoms with Crippen LogP contribution in [0, 0.1) is 0 Å². The van der Waals surface area contributed by atoms with E-state index in [2.05, 4.69) is 9.97 Å². The van der Waals surface area contributed by atoms with Gasteiger partial charge < -0.3 is 8.83 Å². The van der Waals surface area contributed by atoms with Crippen LogP contribution < -0.4 is 11.3 Å². The molecule has 4 heterocycles. The molecule has 7 rings (SSSR count). The molecule has 4 aromatic heterocycles. The van der Waals surface area contributed by atoms with Gasteiger partial charge in [0.15, 0.2) is 0 Å². The second-order valence-corrected chi connectivity index (χ2v) is 11.4. The van der Waals surface area contributed by atoms with Crippen molar-refractivity contribution in [2.75, 3.05) is 0 Å². The summed E-state index contributed by atoms with van der Waals surface area (Å²) < 4.78 is 10.8. The Kier molecular flexibility index (Phi) is 6.26. The van der Waals surface area contributed by atoms with E-state index in [1.165, 1.54) is 22.7 Å². The minimum atomic E-state index is -0.493. The molecule has 3 aromatic carbocycles. The van der Waals surface area contributed by atoms with E-state index in [0.29, 0.717) is 52.4 Å². The van der Waals surface area contributed by atoms with Crippen molar-refractivity contribution in [1.82, 2.24) is 9.97 Å². The maximum Gasteiger partial charge on any atom is 0.347 e. The average molecular weight is 589 g/mol.